The molecule has 0 unspecified atom stereocenters. The Kier molecular flexibility index (Phi) is 6.17. The second kappa shape index (κ2) is 8.57. The van der Waals surface area contributed by atoms with Crippen LogP contribution in [0.4, 0.5) is 4.79 Å². The quantitative estimate of drug-likeness (QED) is 0.852. The van der Waals surface area contributed by atoms with Crippen LogP contribution in [0.25, 0.3) is 0 Å². The van der Waals surface area contributed by atoms with Gasteiger partial charge in [0.05, 0.1) is 0 Å². The molecule has 0 saturated carbocycles. The van der Waals surface area contributed by atoms with E-state index < -0.39 is 5.60 Å². The van der Waals surface area contributed by atoms with Gasteiger partial charge in [-0.3, -0.25) is 0 Å². The number of hydrogen-bond donors (Lipinski definition) is 1. The third-order valence-electron chi connectivity index (χ3n) is 4.84. The molecule has 4 nitrogen and oxygen atoms in total. The molecular formula is C23H30N2O2. The number of carbonyl (C=O) groups excluding carboxylic acids is 1. The minimum absolute atomic E-state index is 0.145. The molecular weight excluding hydrogens is 336 g/mol. The third kappa shape index (κ3) is 5.83. The molecule has 1 fully saturated rings. The Morgan fingerprint density at radius 2 is 1.63 bits per heavy atom. The van der Waals surface area contributed by atoms with Crippen molar-refractivity contribution >= 4 is 6.09 Å². The summed E-state index contributed by atoms with van der Waals surface area (Å²) in [7, 11) is 0. The maximum Gasteiger partial charge on any atom is 0.407 e. The Bertz CT molecular complexity index is 686. The Morgan fingerprint density at radius 3 is 2.15 bits per heavy atom. The number of nitrogens with one attached hydrogen (secondary N) is 1. The number of alkyl carbamates (subject to hydrolysis) is 1. The number of ether oxygens (including phenoxy) is 1. The van der Waals surface area contributed by atoms with Crippen LogP contribution in [-0.2, 0) is 4.74 Å². The summed E-state index contributed by atoms with van der Waals surface area (Å²) in [4.78, 5) is 14.5. The highest BCUT2D eigenvalue weighted by atomic mass is 16.6. The van der Waals surface area contributed by atoms with E-state index >= 15 is 0 Å². The van der Waals surface area contributed by atoms with Crippen LogP contribution >= 0.6 is 0 Å². The molecule has 2 aromatic rings. The van der Waals surface area contributed by atoms with Gasteiger partial charge in [0.25, 0.3) is 0 Å². The fourth-order valence-electron chi connectivity index (χ4n) is 3.62. The smallest absolute Gasteiger partial charge is 0.407 e. The van der Waals surface area contributed by atoms with Gasteiger partial charge in [-0.05, 0) is 38.3 Å². The Morgan fingerprint density at radius 1 is 1.07 bits per heavy atom. The van der Waals surface area contributed by atoms with E-state index in [-0.39, 0.29) is 12.1 Å². The zero-order chi connectivity index (χ0) is 19.3. The second-order valence-corrected chi connectivity index (χ2v) is 8.27. The molecule has 1 aliphatic heterocycles. The first kappa shape index (κ1) is 19.4. The number of rotatable bonds is 5. The van der Waals surface area contributed by atoms with Crippen molar-refractivity contribution in [2.75, 3.05) is 19.6 Å². The Balaban J connectivity index is 1.63. The number of nitrogens with zero attached hydrogens (tertiary/aromatic N) is 1. The zero-order valence-electron chi connectivity index (χ0n) is 16.5. The molecule has 4 heteroatoms. The lowest BCUT2D eigenvalue weighted by atomic mass is 9.91. The summed E-state index contributed by atoms with van der Waals surface area (Å²) in [5, 5.41) is 3.02. The summed E-state index contributed by atoms with van der Waals surface area (Å²) >= 11 is 0. The van der Waals surface area contributed by atoms with Gasteiger partial charge in [0.15, 0.2) is 0 Å². The minimum atomic E-state index is -0.464. The normalized spacial score (nSPS) is 17.9. The topological polar surface area (TPSA) is 41.6 Å². The average Bonchev–Trinajstić information content (AvgIpc) is 3.06. The largest absolute Gasteiger partial charge is 0.444 e. The molecule has 3 rings (SSSR count). The molecule has 144 valence electrons. The van der Waals surface area contributed by atoms with Crippen LogP contribution in [0.3, 0.4) is 0 Å². The van der Waals surface area contributed by atoms with Crippen molar-refractivity contribution in [1.29, 1.82) is 0 Å². The monoisotopic (exact) mass is 366 g/mol. The van der Waals surface area contributed by atoms with Crippen molar-refractivity contribution in [3.05, 3.63) is 71.8 Å². The highest BCUT2D eigenvalue weighted by molar-refractivity contribution is 5.68. The van der Waals surface area contributed by atoms with E-state index in [1.807, 2.05) is 20.8 Å². The molecule has 1 heterocycles. The molecule has 0 bridgehead atoms. The van der Waals surface area contributed by atoms with Gasteiger partial charge in [-0.1, -0.05) is 60.7 Å². The molecule has 0 radical (unpaired) electrons. The summed E-state index contributed by atoms with van der Waals surface area (Å²) in [5.74, 6) is 0.327. The van der Waals surface area contributed by atoms with Gasteiger partial charge >= 0.3 is 6.09 Å². The fraction of sp³-hybridized carbons (Fsp3) is 0.435. The predicted octanol–water partition coefficient (Wildman–Crippen LogP) is 4.42. The van der Waals surface area contributed by atoms with Crippen molar-refractivity contribution in [3.8, 4) is 0 Å². The molecule has 1 amide bonds. The maximum absolute atomic E-state index is 12.0. The van der Waals surface area contributed by atoms with Crippen LogP contribution in [0.1, 0.15) is 44.2 Å². The summed E-state index contributed by atoms with van der Waals surface area (Å²) in [6, 6.07) is 21.5. The lowest BCUT2D eigenvalue weighted by molar-refractivity contribution is 0.0506. The fourth-order valence-corrected chi connectivity index (χ4v) is 3.62. The van der Waals surface area contributed by atoms with Crippen LogP contribution < -0.4 is 5.32 Å². The zero-order valence-corrected chi connectivity index (χ0v) is 16.5. The molecule has 1 saturated heterocycles. The molecule has 2 aromatic carbocycles. The lowest BCUT2D eigenvalue weighted by Gasteiger charge is -2.25. The number of benzene rings is 2. The lowest BCUT2D eigenvalue weighted by Crippen LogP contribution is -2.41. The third-order valence-corrected chi connectivity index (χ3v) is 4.84. The van der Waals surface area contributed by atoms with E-state index in [2.05, 4.69) is 70.9 Å². The van der Waals surface area contributed by atoms with E-state index in [1.165, 1.54) is 11.1 Å². The van der Waals surface area contributed by atoms with Crippen LogP contribution in [0, 0.1) is 0 Å². The SMILES string of the molecule is CC(C)(C)OC(=O)N[C@H]1CCN(CC(c2ccccc2)c2ccccc2)C1. The number of carbonyl (C=O) groups is 1. The van der Waals surface area contributed by atoms with E-state index in [1.54, 1.807) is 0 Å². The van der Waals surface area contributed by atoms with Crippen LogP contribution in [0.15, 0.2) is 60.7 Å². The first-order valence-electron chi connectivity index (χ1n) is 9.72. The number of amides is 1. The first-order valence-corrected chi connectivity index (χ1v) is 9.72. The molecule has 1 N–H and O–H groups in total. The maximum atomic E-state index is 12.0. The Labute approximate surface area is 162 Å². The summed E-state index contributed by atoms with van der Waals surface area (Å²) in [6.45, 7) is 8.44. The summed E-state index contributed by atoms with van der Waals surface area (Å²) in [6.07, 6.45) is 0.632. The van der Waals surface area contributed by atoms with Gasteiger partial charge in [-0.25, -0.2) is 4.79 Å². The molecule has 1 atom stereocenters. The number of likely N-dealkylation sites (tertiary alicyclic amines) is 1. The van der Waals surface area contributed by atoms with Gasteiger partial charge in [0.2, 0.25) is 0 Å². The second-order valence-electron chi connectivity index (χ2n) is 8.27. The van der Waals surface area contributed by atoms with Gasteiger partial charge in [0, 0.05) is 31.6 Å². The molecule has 0 aliphatic carbocycles. The van der Waals surface area contributed by atoms with Crippen molar-refractivity contribution in [2.45, 2.75) is 44.8 Å². The van der Waals surface area contributed by atoms with Crippen molar-refractivity contribution < 1.29 is 9.53 Å². The summed E-state index contributed by atoms with van der Waals surface area (Å²) < 4.78 is 5.39. The van der Waals surface area contributed by atoms with Crippen molar-refractivity contribution in [1.82, 2.24) is 10.2 Å². The summed E-state index contributed by atoms with van der Waals surface area (Å²) in [5.41, 5.74) is 2.19. The van der Waals surface area contributed by atoms with Gasteiger partial charge < -0.3 is 15.0 Å². The number of hydrogen-bond acceptors (Lipinski definition) is 3. The van der Waals surface area contributed by atoms with E-state index in [9.17, 15) is 4.79 Å². The van der Waals surface area contributed by atoms with E-state index in [4.69, 9.17) is 4.74 Å². The molecule has 1 aliphatic rings. The molecule has 0 spiro atoms. The highest BCUT2D eigenvalue weighted by Crippen LogP contribution is 2.27. The predicted molar refractivity (Wildman–Crippen MR) is 109 cm³/mol. The average molecular weight is 367 g/mol. The van der Waals surface area contributed by atoms with Gasteiger partial charge in [-0.15, -0.1) is 0 Å². The van der Waals surface area contributed by atoms with Gasteiger partial charge in [0.1, 0.15) is 5.60 Å². The van der Waals surface area contributed by atoms with Gasteiger partial charge in [-0.2, -0.15) is 0 Å². The molecule has 27 heavy (non-hydrogen) atoms. The molecule has 0 aromatic heterocycles. The van der Waals surface area contributed by atoms with Crippen LogP contribution in [-0.4, -0.2) is 42.3 Å². The van der Waals surface area contributed by atoms with E-state index in [0.29, 0.717) is 5.92 Å². The standard InChI is InChI=1S/C23H30N2O2/c1-23(2,3)27-22(26)24-20-14-15-25(16-20)17-21(18-10-6-4-7-11-18)19-12-8-5-9-13-19/h4-13,20-21H,14-17H2,1-3H3,(H,24,26)/t20-/m0/s1. The van der Waals surface area contributed by atoms with Crippen LogP contribution in [0.5, 0.6) is 0 Å². The van der Waals surface area contributed by atoms with Crippen molar-refractivity contribution in [2.24, 2.45) is 0 Å². The van der Waals surface area contributed by atoms with E-state index in [0.717, 1.165) is 26.1 Å². The Hall–Kier alpha value is -2.33. The van der Waals surface area contributed by atoms with Crippen molar-refractivity contribution in [3.63, 3.8) is 0 Å². The highest BCUT2D eigenvalue weighted by Gasteiger charge is 2.28. The van der Waals surface area contributed by atoms with Crippen LogP contribution in [0.2, 0.25) is 0 Å². The minimum Gasteiger partial charge on any atom is -0.444 e. The first-order chi connectivity index (χ1) is 12.9.